The van der Waals surface area contributed by atoms with Gasteiger partial charge in [0.05, 0.1) is 5.52 Å². The van der Waals surface area contributed by atoms with Gasteiger partial charge < -0.3 is 5.32 Å². The molecule has 0 atom stereocenters. The van der Waals surface area contributed by atoms with Gasteiger partial charge in [-0.05, 0) is 28.9 Å². The highest BCUT2D eigenvalue weighted by Crippen LogP contribution is 2.14. The molecule has 0 fully saturated rings. The predicted octanol–water partition coefficient (Wildman–Crippen LogP) is 0.623. The number of aromatic nitrogens is 3. The van der Waals surface area contributed by atoms with Gasteiger partial charge in [-0.15, -0.1) is 0 Å². The number of aromatic amines is 1. The van der Waals surface area contributed by atoms with Crippen LogP contribution in [0.15, 0.2) is 21.5 Å². The highest BCUT2D eigenvalue weighted by atomic mass is 79.9. The lowest BCUT2D eigenvalue weighted by atomic mass is 10.4. The molecule has 0 saturated carbocycles. The number of carbonyl (C=O) groups excluding carboxylic acids is 1. The molecular formula is C10H11BrN4O2. The van der Waals surface area contributed by atoms with Crippen molar-refractivity contribution in [3.05, 3.63) is 27.2 Å². The van der Waals surface area contributed by atoms with Gasteiger partial charge in [0.1, 0.15) is 6.54 Å². The first-order chi connectivity index (χ1) is 8.11. The summed E-state index contributed by atoms with van der Waals surface area (Å²) in [5.41, 5.74) is 0.745. The quantitative estimate of drug-likeness (QED) is 0.872. The summed E-state index contributed by atoms with van der Waals surface area (Å²) in [4.78, 5) is 29.8. The largest absolute Gasteiger partial charge is 0.355 e. The molecule has 7 heteroatoms. The number of halogens is 1. The number of nitrogens with zero attached hydrogens (tertiary/aromatic N) is 2. The van der Waals surface area contributed by atoms with Crippen LogP contribution in [0.4, 0.5) is 0 Å². The summed E-state index contributed by atoms with van der Waals surface area (Å²) in [6.07, 6.45) is 1.59. The number of H-pyrrole nitrogens is 1. The summed E-state index contributed by atoms with van der Waals surface area (Å²) in [5, 5.41) is 2.65. The van der Waals surface area contributed by atoms with E-state index >= 15 is 0 Å². The maximum absolute atomic E-state index is 11.7. The molecule has 1 amide bonds. The fourth-order valence-electron chi connectivity index (χ4n) is 1.56. The average molecular weight is 299 g/mol. The number of rotatable bonds is 3. The number of hydrogen-bond acceptors (Lipinski definition) is 3. The number of imidazole rings is 1. The van der Waals surface area contributed by atoms with E-state index in [1.165, 1.54) is 4.57 Å². The van der Waals surface area contributed by atoms with Crippen molar-refractivity contribution in [1.29, 1.82) is 0 Å². The van der Waals surface area contributed by atoms with Crippen LogP contribution in [0, 0.1) is 0 Å². The molecule has 0 aliphatic carbocycles. The highest BCUT2D eigenvalue weighted by molar-refractivity contribution is 9.10. The summed E-state index contributed by atoms with van der Waals surface area (Å²) < 4.78 is 2.12. The molecule has 2 N–H and O–H groups in total. The third-order valence-electron chi connectivity index (χ3n) is 2.27. The maximum atomic E-state index is 11.7. The molecule has 2 heterocycles. The van der Waals surface area contributed by atoms with Crippen molar-refractivity contribution >= 4 is 33.0 Å². The molecule has 0 aliphatic rings. The second kappa shape index (κ2) is 4.70. The zero-order chi connectivity index (χ0) is 12.4. The van der Waals surface area contributed by atoms with Crippen molar-refractivity contribution in [2.45, 2.75) is 13.5 Å². The Balaban J connectivity index is 2.45. The van der Waals surface area contributed by atoms with E-state index in [0.717, 1.165) is 4.47 Å². The van der Waals surface area contributed by atoms with Gasteiger partial charge in [-0.1, -0.05) is 0 Å². The summed E-state index contributed by atoms with van der Waals surface area (Å²) >= 11 is 3.28. The van der Waals surface area contributed by atoms with E-state index in [2.05, 4.69) is 31.2 Å². The monoisotopic (exact) mass is 298 g/mol. The number of fused-ring (bicyclic) bond motifs is 1. The van der Waals surface area contributed by atoms with E-state index in [1.54, 1.807) is 12.3 Å². The van der Waals surface area contributed by atoms with Crippen molar-refractivity contribution in [2.24, 2.45) is 0 Å². The van der Waals surface area contributed by atoms with Gasteiger partial charge in [-0.25, -0.2) is 9.78 Å². The van der Waals surface area contributed by atoms with Crippen LogP contribution in [0.25, 0.3) is 11.2 Å². The first kappa shape index (κ1) is 11.8. The minimum absolute atomic E-state index is 0.00912. The van der Waals surface area contributed by atoms with Crippen LogP contribution in [0.2, 0.25) is 0 Å². The zero-order valence-corrected chi connectivity index (χ0v) is 10.7. The lowest BCUT2D eigenvalue weighted by molar-refractivity contribution is -0.121. The number of carbonyl (C=O) groups is 1. The number of amides is 1. The topological polar surface area (TPSA) is 79.8 Å². The molecule has 0 unspecified atom stereocenters. The van der Waals surface area contributed by atoms with Gasteiger partial charge >= 0.3 is 5.69 Å². The van der Waals surface area contributed by atoms with E-state index in [9.17, 15) is 9.59 Å². The normalized spacial score (nSPS) is 10.7. The first-order valence-corrected chi connectivity index (χ1v) is 5.92. The van der Waals surface area contributed by atoms with Gasteiger partial charge in [-0.2, -0.15) is 0 Å². The lowest BCUT2D eigenvalue weighted by Gasteiger charge is -2.03. The van der Waals surface area contributed by atoms with Crippen LogP contribution in [-0.4, -0.2) is 27.0 Å². The second-order valence-corrected chi connectivity index (χ2v) is 4.41. The third kappa shape index (κ3) is 2.38. The molecule has 17 heavy (non-hydrogen) atoms. The molecule has 2 rings (SSSR count). The highest BCUT2D eigenvalue weighted by Gasteiger charge is 2.11. The molecule has 2 aromatic rings. The van der Waals surface area contributed by atoms with Crippen LogP contribution in [0.1, 0.15) is 6.92 Å². The van der Waals surface area contributed by atoms with Crippen LogP contribution in [-0.2, 0) is 11.3 Å². The molecular weight excluding hydrogens is 288 g/mol. The lowest BCUT2D eigenvalue weighted by Crippen LogP contribution is -2.31. The summed E-state index contributed by atoms with van der Waals surface area (Å²) in [7, 11) is 0. The van der Waals surface area contributed by atoms with E-state index in [-0.39, 0.29) is 18.1 Å². The van der Waals surface area contributed by atoms with Gasteiger partial charge in [0.15, 0.2) is 5.65 Å². The van der Waals surface area contributed by atoms with Gasteiger partial charge in [0.2, 0.25) is 5.91 Å². The van der Waals surface area contributed by atoms with Gasteiger partial charge in [0.25, 0.3) is 0 Å². The fourth-order valence-corrected chi connectivity index (χ4v) is 1.88. The first-order valence-electron chi connectivity index (χ1n) is 5.12. The third-order valence-corrected chi connectivity index (χ3v) is 2.70. The summed E-state index contributed by atoms with van der Waals surface area (Å²) in [5.74, 6) is -0.199. The van der Waals surface area contributed by atoms with Crippen molar-refractivity contribution in [2.75, 3.05) is 6.54 Å². The van der Waals surface area contributed by atoms with E-state index < -0.39 is 0 Å². The Hall–Kier alpha value is -1.63. The van der Waals surface area contributed by atoms with E-state index in [1.807, 2.05) is 6.92 Å². The molecule has 6 nitrogen and oxygen atoms in total. The van der Waals surface area contributed by atoms with Crippen LogP contribution in [0.3, 0.4) is 0 Å². The average Bonchev–Trinajstić information content (AvgIpc) is 2.56. The minimum Gasteiger partial charge on any atom is -0.355 e. The smallest absolute Gasteiger partial charge is 0.328 e. The fraction of sp³-hybridized carbons (Fsp3) is 0.300. The van der Waals surface area contributed by atoms with Crippen LogP contribution >= 0.6 is 15.9 Å². The Morgan fingerprint density at radius 1 is 1.65 bits per heavy atom. The Labute approximate surface area is 105 Å². The molecule has 0 aliphatic heterocycles. The number of pyridine rings is 1. The Kier molecular flexibility index (Phi) is 3.28. The van der Waals surface area contributed by atoms with E-state index in [0.29, 0.717) is 17.7 Å². The van der Waals surface area contributed by atoms with Crippen molar-refractivity contribution in [1.82, 2.24) is 19.9 Å². The molecule has 0 radical (unpaired) electrons. The molecule has 0 aromatic carbocycles. The van der Waals surface area contributed by atoms with Gasteiger partial charge in [-0.3, -0.25) is 14.3 Å². The van der Waals surface area contributed by atoms with Crippen molar-refractivity contribution < 1.29 is 4.79 Å². The molecule has 2 aromatic heterocycles. The molecule has 90 valence electrons. The Bertz CT molecular complexity index is 616. The standard InChI is InChI=1S/C10H11BrN4O2/c1-2-12-8(16)5-15-7-3-6(11)4-13-9(7)14-10(15)17/h3-4H,2,5H2,1H3,(H,12,16)(H,13,14,17). The summed E-state index contributed by atoms with van der Waals surface area (Å²) in [6.45, 7) is 2.36. The predicted molar refractivity (Wildman–Crippen MR) is 66.7 cm³/mol. The minimum atomic E-state index is -0.336. The number of likely N-dealkylation sites (N-methyl/N-ethyl adjacent to an activating group) is 1. The van der Waals surface area contributed by atoms with Crippen molar-refractivity contribution in [3.8, 4) is 0 Å². The molecule has 0 saturated heterocycles. The molecule has 0 bridgehead atoms. The zero-order valence-electron chi connectivity index (χ0n) is 9.16. The number of hydrogen-bond donors (Lipinski definition) is 2. The maximum Gasteiger partial charge on any atom is 0.328 e. The Morgan fingerprint density at radius 3 is 3.12 bits per heavy atom. The second-order valence-electron chi connectivity index (χ2n) is 3.49. The van der Waals surface area contributed by atoms with Crippen molar-refractivity contribution in [3.63, 3.8) is 0 Å². The van der Waals surface area contributed by atoms with Gasteiger partial charge in [0, 0.05) is 17.2 Å². The SMILES string of the molecule is CCNC(=O)Cn1c(=O)[nH]c2ncc(Br)cc21. The Morgan fingerprint density at radius 2 is 2.41 bits per heavy atom. The summed E-state index contributed by atoms with van der Waals surface area (Å²) in [6, 6.07) is 1.75. The van der Waals surface area contributed by atoms with E-state index in [4.69, 9.17) is 0 Å². The molecule has 0 spiro atoms. The van der Waals surface area contributed by atoms with Crippen LogP contribution < -0.4 is 11.0 Å². The van der Waals surface area contributed by atoms with Crippen LogP contribution in [0.5, 0.6) is 0 Å². The number of nitrogens with one attached hydrogen (secondary N) is 2.